The van der Waals surface area contributed by atoms with Crippen LogP contribution in [0.15, 0.2) is 18.2 Å². The van der Waals surface area contributed by atoms with Gasteiger partial charge in [-0.15, -0.1) is 0 Å². The number of ether oxygens (including phenoxy) is 2. The van der Waals surface area contributed by atoms with Gasteiger partial charge in [0.25, 0.3) is 0 Å². The molecule has 0 aliphatic rings. The van der Waals surface area contributed by atoms with Gasteiger partial charge in [0, 0.05) is 5.69 Å². The summed E-state index contributed by atoms with van der Waals surface area (Å²) in [5, 5.41) is 4.96. The fraction of sp³-hybridized carbons (Fsp3) is 0.385. The van der Waals surface area contributed by atoms with Crippen LogP contribution in [-0.4, -0.2) is 24.8 Å². The number of amides is 3. The van der Waals surface area contributed by atoms with Crippen LogP contribution in [0.2, 0.25) is 0 Å². The van der Waals surface area contributed by atoms with Gasteiger partial charge in [0.1, 0.15) is 11.4 Å². The van der Waals surface area contributed by atoms with E-state index in [1.807, 2.05) is 0 Å². The zero-order valence-electron chi connectivity index (χ0n) is 11.9. The maximum atomic E-state index is 11.7. The van der Waals surface area contributed by atoms with Crippen molar-refractivity contribution in [1.82, 2.24) is 0 Å². The molecule has 0 bridgehead atoms. The first-order valence-corrected chi connectivity index (χ1v) is 5.96. The Morgan fingerprint density at radius 2 is 1.85 bits per heavy atom. The molecule has 0 fully saturated rings. The smallest absolute Gasteiger partial charge is 0.412 e. The minimum absolute atomic E-state index is 0.369. The highest BCUT2D eigenvalue weighted by molar-refractivity contribution is 5.91. The van der Waals surface area contributed by atoms with E-state index in [1.165, 1.54) is 13.2 Å². The van der Waals surface area contributed by atoms with Crippen molar-refractivity contribution >= 4 is 23.5 Å². The second-order valence-corrected chi connectivity index (χ2v) is 5.03. The molecule has 0 unspecified atom stereocenters. The Hall–Kier alpha value is -2.44. The number of hydrogen-bond donors (Lipinski definition) is 3. The monoisotopic (exact) mass is 281 g/mol. The number of rotatable bonds is 3. The number of anilines is 2. The standard InChI is InChI=1S/C13H19N3O4/c1-13(2,3)20-12(18)16-9-7-8(15-11(14)17)5-6-10(9)19-4/h5-7H,1-4H3,(H,16,18)(H3,14,15,17). The summed E-state index contributed by atoms with van der Waals surface area (Å²) in [6.45, 7) is 5.28. The molecule has 0 radical (unpaired) electrons. The van der Waals surface area contributed by atoms with Crippen molar-refractivity contribution in [3.63, 3.8) is 0 Å². The van der Waals surface area contributed by atoms with E-state index in [-0.39, 0.29) is 0 Å². The van der Waals surface area contributed by atoms with E-state index >= 15 is 0 Å². The number of nitrogens with two attached hydrogens (primary N) is 1. The average Bonchev–Trinajstić information content (AvgIpc) is 2.25. The highest BCUT2D eigenvalue weighted by atomic mass is 16.6. The average molecular weight is 281 g/mol. The predicted molar refractivity (Wildman–Crippen MR) is 76.1 cm³/mol. The van der Waals surface area contributed by atoms with Gasteiger partial charge in [0.2, 0.25) is 0 Å². The van der Waals surface area contributed by atoms with Crippen molar-refractivity contribution in [3.8, 4) is 5.75 Å². The molecule has 4 N–H and O–H groups in total. The van der Waals surface area contributed by atoms with E-state index in [0.717, 1.165) is 0 Å². The molecule has 0 atom stereocenters. The second-order valence-electron chi connectivity index (χ2n) is 5.03. The van der Waals surface area contributed by atoms with Crippen LogP contribution in [0, 0.1) is 0 Å². The fourth-order valence-corrected chi connectivity index (χ4v) is 1.44. The highest BCUT2D eigenvalue weighted by Gasteiger charge is 2.17. The number of carbonyl (C=O) groups is 2. The van der Waals surface area contributed by atoms with E-state index in [2.05, 4.69) is 10.6 Å². The number of primary amides is 1. The van der Waals surface area contributed by atoms with Crippen LogP contribution in [0.1, 0.15) is 20.8 Å². The molecule has 0 aliphatic carbocycles. The third-order valence-corrected chi connectivity index (χ3v) is 2.10. The van der Waals surface area contributed by atoms with Crippen molar-refractivity contribution in [3.05, 3.63) is 18.2 Å². The van der Waals surface area contributed by atoms with E-state index in [0.29, 0.717) is 17.1 Å². The van der Waals surface area contributed by atoms with Gasteiger partial charge < -0.3 is 20.5 Å². The molecule has 1 rings (SSSR count). The first-order chi connectivity index (χ1) is 9.21. The summed E-state index contributed by atoms with van der Waals surface area (Å²) in [6.07, 6.45) is -0.618. The van der Waals surface area contributed by atoms with E-state index in [4.69, 9.17) is 15.2 Å². The lowest BCUT2D eigenvalue weighted by atomic mass is 10.2. The van der Waals surface area contributed by atoms with Crippen LogP contribution in [-0.2, 0) is 4.74 Å². The van der Waals surface area contributed by atoms with Gasteiger partial charge in [-0.1, -0.05) is 0 Å². The first-order valence-electron chi connectivity index (χ1n) is 5.96. The van der Waals surface area contributed by atoms with Crippen molar-refractivity contribution in [2.45, 2.75) is 26.4 Å². The zero-order valence-corrected chi connectivity index (χ0v) is 11.9. The van der Waals surface area contributed by atoms with Gasteiger partial charge in [0.15, 0.2) is 0 Å². The summed E-state index contributed by atoms with van der Waals surface area (Å²) in [5.74, 6) is 0.436. The molecule has 110 valence electrons. The van der Waals surface area contributed by atoms with Crippen molar-refractivity contribution in [2.24, 2.45) is 5.73 Å². The van der Waals surface area contributed by atoms with Crippen molar-refractivity contribution in [2.75, 3.05) is 17.7 Å². The van der Waals surface area contributed by atoms with Crippen molar-refractivity contribution in [1.29, 1.82) is 0 Å². The number of hydrogen-bond acceptors (Lipinski definition) is 4. The molecule has 0 saturated heterocycles. The quantitative estimate of drug-likeness (QED) is 0.792. The summed E-state index contributed by atoms with van der Waals surface area (Å²) in [5.41, 5.74) is 5.23. The van der Waals surface area contributed by atoms with E-state index < -0.39 is 17.7 Å². The molecule has 0 heterocycles. The summed E-state index contributed by atoms with van der Waals surface area (Å²) in [4.78, 5) is 22.5. The first kappa shape index (κ1) is 15.6. The van der Waals surface area contributed by atoms with Crippen LogP contribution in [0.5, 0.6) is 5.75 Å². The summed E-state index contributed by atoms with van der Waals surface area (Å²) in [7, 11) is 1.47. The minimum atomic E-state index is -0.696. The molecule has 0 aliphatic heterocycles. The molecule has 0 aromatic heterocycles. The number of carbonyl (C=O) groups excluding carboxylic acids is 2. The Bertz CT molecular complexity index is 509. The molecular weight excluding hydrogens is 262 g/mol. The lowest BCUT2D eigenvalue weighted by Gasteiger charge is -2.20. The van der Waals surface area contributed by atoms with Gasteiger partial charge in [-0.3, -0.25) is 5.32 Å². The molecule has 20 heavy (non-hydrogen) atoms. The molecule has 7 heteroatoms. The van der Waals surface area contributed by atoms with Crippen LogP contribution >= 0.6 is 0 Å². The molecule has 0 spiro atoms. The topological polar surface area (TPSA) is 103 Å². The SMILES string of the molecule is COc1ccc(NC(N)=O)cc1NC(=O)OC(C)(C)C. The maximum Gasteiger partial charge on any atom is 0.412 e. The fourth-order valence-electron chi connectivity index (χ4n) is 1.44. The Morgan fingerprint density at radius 3 is 2.35 bits per heavy atom. The maximum absolute atomic E-state index is 11.7. The van der Waals surface area contributed by atoms with Gasteiger partial charge in [0.05, 0.1) is 12.8 Å². The molecule has 1 aromatic carbocycles. The van der Waals surface area contributed by atoms with Crippen molar-refractivity contribution < 1.29 is 19.1 Å². The minimum Gasteiger partial charge on any atom is -0.495 e. The highest BCUT2D eigenvalue weighted by Crippen LogP contribution is 2.28. The van der Waals surface area contributed by atoms with Crippen LogP contribution in [0.25, 0.3) is 0 Å². The third-order valence-electron chi connectivity index (χ3n) is 2.10. The van der Waals surface area contributed by atoms with Gasteiger partial charge in [-0.05, 0) is 39.0 Å². The van der Waals surface area contributed by atoms with Crippen LogP contribution in [0.4, 0.5) is 21.0 Å². The second kappa shape index (κ2) is 6.14. The Labute approximate surface area is 117 Å². The van der Waals surface area contributed by atoms with Crippen LogP contribution in [0.3, 0.4) is 0 Å². The van der Waals surface area contributed by atoms with E-state index in [1.54, 1.807) is 32.9 Å². The van der Waals surface area contributed by atoms with Gasteiger partial charge >= 0.3 is 12.1 Å². The largest absolute Gasteiger partial charge is 0.495 e. The summed E-state index contributed by atoms with van der Waals surface area (Å²) in [6, 6.07) is 4.02. The number of benzene rings is 1. The van der Waals surface area contributed by atoms with Crippen LogP contribution < -0.4 is 21.1 Å². The van der Waals surface area contributed by atoms with E-state index in [9.17, 15) is 9.59 Å². The number of nitrogens with one attached hydrogen (secondary N) is 2. The van der Waals surface area contributed by atoms with Gasteiger partial charge in [-0.25, -0.2) is 9.59 Å². The summed E-state index contributed by atoms with van der Waals surface area (Å²) >= 11 is 0. The Kier molecular flexibility index (Phi) is 4.79. The van der Waals surface area contributed by atoms with Gasteiger partial charge in [-0.2, -0.15) is 0 Å². The zero-order chi connectivity index (χ0) is 15.3. The molecule has 1 aromatic rings. The molecular formula is C13H19N3O4. The predicted octanol–water partition coefficient (Wildman–Crippen LogP) is 2.53. The Balaban J connectivity index is 2.91. The lowest BCUT2D eigenvalue weighted by molar-refractivity contribution is 0.0635. The number of methoxy groups -OCH3 is 1. The lowest BCUT2D eigenvalue weighted by Crippen LogP contribution is -2.27. The molecule has 7 nitrogen and oxygen atoms in total. The third kappa shape index (κ3) is 5.05. The molecule has 3 amide bonds. The normalized spacial score (nSPS) is 10.6. The Morgan fingerprint density at radius 1 is 1.20 bits per heavy atom. The number of urea groups is 1. The molecule has 0 saturated carbocycles. The summed E-state index contributed by atoms with van der Waals surface area (Å²) < 4.78 is 10.3.